The monoisotopic (exact) mass is 504 g/mol. The lowest BCUT2D eigenvalue weighted by Crippen LogP contribution is -2.53. The summed E-state index contributed by atoms with van der Waals surface area (Å²) < 4.78 is 1.79. The van der Waals surface area contributed by atoms with E-state index in [4.69, 9.17) is 5.73 Å². The number of benzene rings is 1. The molecule has 37 heavy (non-hydrogen) atoms. The maximum atomic E-state index is 14.2. The van der Waals surface area contributed by atoms with Crippen LogP contribution in [0.2, 0.25) is 0 Å². The molecule has 1 saturated heterocycles. The number of likely N-dealkylation sites (tertiary alicyclic amines) is 1. The lowest BCUT2D eigenvalue weighted by atomic mass is 9.79. The second-order valence-corrected chi connectivity index (χ2v) is 11.9. The molecule has 3 aliphatic heterocycles. The maximum absolute atomic E-state index is 14.2. The van der Waals surface area contributed by atoms with E-state index in [1.807, 2.05) is 45.0 Å². The molecular formula is C27H32N6O4. The number of hydrogen-bond acceptors (Lipinski definition) is 5. The number of hydrogen-bond donors (Lipinski definition) is 2. The number of nitrogens with one attached hydrogen (secondary N) is 1. The van der Waals surface area contributed by atoms with Crippen molar-refractivity contribution in [2.45, 2.75) is 76.0 Å². The number of carbonyl (C=O) groups excluding carboxylic acids is 4. The molecule has 10 heteroatoms. The molecule has 0 radical (unpaired) electrons. The number of nitrogens with two attached hydrogens (primary N) is 1. The van der Waals surface area contributed by atoms with Gasteiger partial charge in [0.1, 0.15) is 12.1 Å². The van der Waals surface area contributed by atoms with Crippen molar-refractivity contribution in [2.75, 3.05) is 11.9 Å². The Kier molecular flexibility index (Phi) is 5.06. The zero-order valence-corrected chi connectivity index (χ0v) is 21.4. The van der Waals surface area contributed by atoms with Gasteiger partial charge in [0, 0.05) is 18.4 Å². The molecule has 2 unspecified atom stereocenters. The van der Waals surface area contributed by atoms with E-state index in [2.05, 4.69) is 10.4 Å². The van der Waals surface area contributed by atoms with E-state index >= 15 is 0 Å². The Morgan fingerprint density at radius 2 is 1.95 bits per heavy atom. The predicted octanol–water partition coefficient (Wildman–Crippen LogP) is 1.74. The standard InChI is InChI=1S/C27H32N6O4/c1-26(2,3)33-12-16-19(30-33)13-31(23(16)35)20(10-15-8-9-15)24(36)32-14-27(11-21(32)22(28)34)17-6-4-5-7-18(17)29-25(27)37/h4-7,12,15,20-21H,8-11,13-14H2,1-3H3,(H2,28,34)(H,29,37)/t20-,21?,27?/m0/s1. The first kappa shape index (κ1) is 23.7. The van der Waals surface area contributed by atoms with Crippen LogP contribution in [0.15, 0.2) is 30.5 Å². The van der Waals surface area contributed by atoms with Gasteiger partial charge in [-0.3, -0.25) is 23.9 Å². The van der Waals surface area contributed by atoms with Gasteiger partial charge in [-0.25, -0.2) is 0 Å². The van der Waals surface area contributed by atoms with Crippen molar-refractivity contribution >= 4 is 29.3 Å². The highest BCUT2D eigenvalue weighted by Gasteiger charge is 2.58. The summed E-state index contributed by atoms with van der Waals surface area (Å²) in [4.78, 5) is 56.6. The van der Waals surface area contributed by atoms with Crippen LogP contribution in [0.5, 0.6) is 0 Å². The first-order valence-corrected chi connectivity index (χ1v) is 12.9. The molecular weight excluding hydrogens is 472 g/mol. The van der Waals surface area contributed by atoms with E-state index < -0.39 is 23.4 Å². The van der Waals surface area contributed by atoms with Crippen LogP contribution in [0, 0.1) is 5.92 Å². The van der Waals surface area contributed by atoms with E-state index in [-0.39, 0.29) is 42.8 Å². The van der Waals surface area contributed by atoms with Crippen LogP contribution < -0.4 is 11.1 Å². The smallest absolute Gasteiger partial charge is 0.258 e. The number of para-hydroxylation sites is 1. The second kappa shape index (κ2) is 7.90. The predicted molar refractivity (Wildman–Crippen MR) is 134 cm³/mol. The number of carbonyl (C=O) groups is 4. The molecule has 0 bridgehead atoms. The molecule has 1 saturated carbocycles. The molecule has 2 aromatic rings. The van der Waals surface area contributed by atoms with E-state index in [1.165, 1.54) is 4.90 Å². The second-order valence-electron chi connectivity index (χ2n) is 11.9. The molecule has 1 aromatic carbocycles. The molecule has 4 aliphatic rings. The number of aromatic nitrogens is 2. The Morgan fingerprint density at radius 3 is 2.59 bits per heavy atom. The fraction of sp³-hybridized carbons (Fsp3) is 0.519. The largest absolute Gasteiger partial charge is 0.368 e. The summed E-state index contributed by atoms with van der Waals surface area (Å²) in [7, 11) is 0. The molecule has 4 heterocycles. The molecule has 10 nitrogen and oxygen atoms in total. The van der Waals surface area contributed by atoms with Crippen molar-refractivity contribution in [3.8, 4) is 0 Å². The summed E-state index contributed by atoms with van der Waals surface area (Å²) in [5.41, 5.74) is 7.11. The van der Waals surface area contributed by atoms with Gasteiger partial charge in [-0.05, 0) is 51.2 Å². The van der Waals surface area contributed by atoms with E-state index in [1.54, 1.807) is 15.8 Å². The lowest BCUT2D eigenvalue weighted by molar-refractivity contribution is -0.141. The summed E-state index contributed by atoms with van der Waals surface area (Å²) >= 11 is 0. The number of amides is 4. The summed E-state index contributed by atoms with van der Waals surface area (Å²) in [5.74, 6) is -1.08. The van der Waals surface area contributed by atoms with E-state index in [0.29, 0.717) is 29.3 Å². The van der Waals surface area contributed by atoms with E-state index in [9.17, 15) is 19.2 Å². The summed E-state index contributed by atoms with van der Waals surface area (Å²) in [6.45, 7) is 6.33. The number of anilines is 1. The van der Waals surface area contributed by atoms with Crippen LogP contribution in [-0.4, -0.2) is 61.8 Å². The van der Waals surface area contributed by atoms with Crippen LogP contribution in [0.25, 0.3) is 0 Å². The van der Waals surface area contributed by atoms with Crippen LogP contribution in [-0.2, 0) is 31.9 Å². The Bertz CT molecular complexity index is 1340. The van der Waals surface area contributed by atoms with Gasteiger partial charge in [-0.1, -0.05) is 31.0 Å². The van der Waals surface area contributed by atoms with Crippen molar-refractivity contribution in [3.63, 3.8) is 0 Å². The zero-order chi connectivity index (χ0) is 26.3. The quantitative estimate of drug-likeness (QED) is 0.641. The van der Waals surface area contributed by atoms with Crippen LogP contribution in [0.1, 0.15) is 68.1 Å². The van der Waals surface area contributed by atoms with Gasteiger partial charge in [-0.15, -0.1) is 0 Å². The Hall–Kier alpha value is -3.69. The molecule has 6 rings (SSSR count). The normalized spacial score (nSPS) is 25.4. The third-order valence-electron chi connectivity index (χ3n) is 8.30. The average Bonchev–Trinajstić information content (AvgIpc) is 3.18. The first-order chi connectivity index (χ1) is 17.5. The van der Waals surface area contributed by atoms with Gasteiger partial charge < -0.3 is 20.9 Å². The minimum Gasteiger partial charge on any atom is -0.368 e. The number of primary amides is 1. The number of rotatable bonds is 5. The van der Waals surface area contributed by atoms with E-state index in [0.717, 1.165) is 18.4 Å². The zero-order valence-electron chi connectivity index (χ0n) is 21.4. The highest BCUT2D eigenvalue weighted by atomic mass is 16.2. The molecule has 4 amide bonds. The fourth-order valence-electron chi connectivity index (χ4n) is 6.04. The van der Waals surface area contributed by atoms with Gasteiger partial charge in [0.2, 0.25) is 17.7 Å². The highest BCUT2D eigenvalue weighted by Crippen LogP contribution is 2.47. The van der Waals surface area contributed by atoms with Gasteiger partial charge in [0.05, 0.1) is 28.8 Å². The molecule has 194 valence electrons. The fourth-order valence-corrected chi connectivity index (χ4v) is 6.04. The first-order valence-electron chi connectivity index (χ1n) is 12.9. The lowest BCUT2D eigenvalue weighted by Gasteiger charge is -2.33. The van der Waals surface area contributed by atoms with Gasteiger partial charge in [-0.2, -0.15) is 5.10 Å². The molecule has 1 aromatic heterocycles. The Morgan fingerprint density at radius 1 is 1.22 bits per heavy atom. The van der Waals surface area contributed by atoms with Crippen molar-refractivity contribution < 1.29 is 19.2 Å². The average molecular weight is 505 g/mol. The molecule has 1 aliphatic carbocycles. The van der Waals surface area contributed by atoms with Crippen molar-refractivity contribution in [1.82, 2.24) is 19.6 Å². The van der Waals surface area contributed by atoms with Gasteiger partial charge >= 0.3 is 0 Å². The van der Waals surface area contributed by atoms with Crippen LogP contribution in [0.3, 0.4) is 0 Å². The third kappa shape index (κ3) is 3.64. The minimum absolute atomic E-state index is 0.0485. The SMILES string of the molecule is CC(C)(C)n1cc2c(n1)CN([C@@H](CC1CC1)C(=O)N1CC3(CC1C(N)=O)C(=O)Nc1ccccc13)C2=O. The van der Waals surface area contributed by atoms with Gasteiger partial charge in [0.15, 0.2) is 0 Å². The maximum Gasteiger partial charge on any atom is 0.258 e. The van der Waals surface area contributed by atoms with Crippen LogP contribution in [0.4, 0.5) is 5.69 Å². The van der Waals surface area contributed by atoms with Crippen LogP contribution >= 0.6 is 0 Å². The molecule has 3 N–H and O–H groups in total. The topological polar surface area (TPSA) is 131 Å². The van der Waals surface area contributed by atoms with Gasteiger partial charge in [0.25, 0.3) is 5.91 Å². The molecule has 2 fully saturated rings. The summed E-state index contributed by atoms with van der Waals surface area (Å²) in [6, 6.07) is 5.68. The Labute approximate surface area is 215 Å². The van der Waals surface area contributed by atoms with Crippen molar-refractivity contribution in [1.29, 1.82) is 0 Å². The third-order valence-corrected chi connectivity index (χ3v) is 8.30. The van der Waals surface area contributed by atoms with Crippen molar-refractivity contribution in [2.24, 2.45) is 11.7 Å². The highest BCUT2D eigenvalue weighted by molar-refractivity contribution is 6.08. The molecule has 1 spiro atoms. The van der Waals surface area contributed by atoms with Crippen molar-refractivity contribution in [3.05, 3.63) is 47.3 Å². The number of fused-ring (bicyclic) bond motifs is 3. The Balaban J connectivity index is 1.32. The minimum atomic E-state index is -1.04. The summed E-state index contributed by atoms with van der Waals surface area (Å²) in [5, 5.41) is 7.54. The molecule has 3 atom stereocenters. The summed E-state index contributed by atoms with van der Waals surface area (Å²) in [6.07, 6.45) is 4.41. The number of nitrogens with zero attached hydrogens (tertiary/aromatic N) is 4.